The van der Waals surface area contributed by atoms with Gasteiger partial charge in [0.2, 0.25) is 0 Å². The monoisotopic (exact) mass is 241 g/mol. The minimum atomic E-state index is -0.352. The zero-order valence-corrected chi connectivity index (χ0v) is 10.0. The number of ether oxygens (including phenoxy) is 1. The zero-order chi connectivity index (χ0) is 11.5. The standard InChI is InChI=1S/C10H15N3O2S/c1-15-9(14)7-8(12-10(11)16-7)13-5-3-2-4-6-13/h2-6H2,1H3,(H2,11,12). The van der Waals surface area contributed by atoms with Crippen LogP contribution >= 0.6 is 11.3 Å². The second kappa shape index (κ2) is 4.69. The van der Waals surface area contributed by atoms with Gasteiger partial charge in [-0.1, -0.05) is 11.3 Å². The molecule has 0 spiro atoms. The normalized spacial score (nSPS) is 16.2. The molecule has 2 rings (SSSR count). The van der Waals surface area contributed by atoms with Crippen LogP contribution in [0.5, 0.6) is 0 Å². The van der Waals surface area contributed by atoms with Crippen LogP contribution in [0.1, 0.15) is 28.9 Å². The Morgan fingerprint density at radius 3 is 2.75 bits per heavy atom. The van der Waals surface area contributed by atoms with Gasteiger partial charge in [0, 0.05) is 13.1 Å². The number of nitrogens with zero attached hydrogens (tertiary/aromatic N) is 2. The third-order valence-electron chi connectivity index (χ3n) is 2.65. The Hall–Kier alpha value is -1.30. The smallest absolute Gasteiger partial charge is 0.352 e. The Balaban J connectivity index is 2.27. The maximum absolute atomic E-state index is 11.6. The van der Waals surface area contributed by atoms with E-state index < -0.39 is 0 Å². The molecule has 16 heavy (non-hydrogen) atoms. The number of thiazole rings is 1. The quantitative estimate of drug-likeness (QED) is 0.795. The van der Waals surface area contributed by atoms with E-state index in [1.165, 1.54) is 24.9 Å². The van der Waals surface area contributed by atoms with E-state index in [1.807, 2.05) is 0 Å². The highest BCUT2D eigenvalue weighted by atomic mass is 32.1. The van der Waals surface area contributed by atoms with Crippen LogP contribution < -0.4 is 10.6 Å². The number of nitrogen functional groups attached to an aromatic ring is 1. The molecule has 6 heteroatoms. The lowest BCUT2D eigenvalue weighted by atomic mass is 10.1. The molecule has 1 fully saturated rings. The van der Waals surface area contributed by atoms with Gasteiger partial charge in [-0.15, -0.1) is 0 Å². The van der Waals surface area contributed by atoms with Crippen LogP contribution in [0.4, 0.5) is 10.9 Å². The predicted octanol–water partition coefficient (Wildman–Crippen LogP) is 1.50. The van der Waals surface area contributed by atoms with E-state index in [2.05, 4.69) is 9.88 Å². The van der Waals surface area contributed by atoms with Crippen molar-refractivity contribution in [3.8, 4) is 0 Å². The summed E-state index contributed by atoms with van der Waals surface area (Å²) in [6.07, 6.45) is 3.51. The Morgan fingerprint density at radius 2 is 2.12 bits per heavy atom. The first-order chi connectivity index (χ1) is 7.72. The lowest BCUT2D eigenvalue weighted by Crippen LogP contribution is -2.30. The highest BCUT2D eigenvalue weighted by molar-refractivity contribution is 7.17. The largest absolute Gasteiger partial charge is 0.465 e. The van der Waals surface area contributed by atoms with Gasteiger partial charge in [0.05, 0.1) is 7.11 Å². The van der Waals surface area contributed by atoms with Gasteiger partial charge in [0.25, 0.3) is 0 Å². The maximum atomic E-state index is 11.6. The average molecular weight is 241 g/mol. The van der Waals surface area contributed by atoms with Gasteiger partial charge in [-0.3, -0.25) is 0 Å². The van der Waals surface area contributed by atoms with Crippen LogP contribution in [-0.2, 0) is 4.74 Å². The third kappa shape index (κ3) is 2.11. The number of hydrogen-bond donors (Lipinski definition) is 1. The molecule has 2 N–H and O–H groups in total. The molecule has 0 atom stereocenters. The summed E-state index contributed by atoms with van der Waals surface area (Å²) in [5.41, 5.74) is 5.65. The molecular weight excluding hydrogens is 226 g/mol. The molecule has 0 aromatic carbocycles. The van der Waals surface area contributed by atoms with Crippen molar-refractivity contribution in [3.63, 3.8) is 0 Å². The van der Waals surface area contributed by atoms with Crippen molar-refractivity contribution in [3.05, 3.63) is 4.88 Å². The van der Waals surface area contributed by atoms with Crippen molar-refractivity contribution < 1.29 is 9.53 Å². The fraction of sp³-hybridized carbons (Fsp3) is 0.600. The van der Waals surface area contributed by atoms with E-state index in [0.29, 0.717) is 15.8 Å². The molecule has 88 valence electrons. The van der Waals surface area contributed by atoms with E-state index in [-0.39, 0.29) is 5.97 Å². The average Bonchev–Trinajstić information content (AvgIpc) is 2.71. The van der Waals surface area contributed by atoms with Crippen molar-refractivity contribution in [2.75, 3.05) is 30.8 Å². The third-order valence-corrected chi connectivity index (χ3v) is 3.51. The summed E-state index contributed by atoms with van der Waals surface area (Å²) in [5, 5.41) is 0.418. The topological polar surface area (TPSA) is 68.5 Å². The second-order valence-corrected chi connectivity index (χ2v) is 4.77. The number of esters is 1. The number of aromatic nitrogens is 1. The molecule has 1 saturated heterocycles. The van der Waals surface area contributed by atoms with E-state index in [1.54, 1.807) is 0 Å². The number of carbonyl (C=O) groups is 1. The van der Waals surface area contributed by atoms with Crippen LogP contribution in [0.2, 0.25) is 0 Å². The molecule has 0 bridgehead atoms. The Bertz CT molecular complexity index is 385. The molecule has 0 radical (unpaired) electrons. The molecule has 0 unspecified atom stereocenters. The van der Waals surface area contributed by atoms with E-state index in [0.717, 1.165) is 25.9 Å². The number of hydrogen-bond acceptors (Lipinski definition) is 6. The molecule has 1 aromatic rings. The first-order valence-electron chi connectivity index (χ1n) is 5.32. The molecule has 0 saturated carbocycles. The fourth-order valence-corrected chi connectivity index (χ4v) is 2.65. The van der Waals surface area contributed by atoms with Crippen molar-refractivity contribution in [2.45, 2.75) is 19.3 Å². The van der Waals surface area contributed by atoms with Gasteiger partial charge in [0.15, 0.2) is 15.8 Å². The molecule has 5 nitrogen and oxygen atoms in total. The van der Waals surface area contributed by atoms with Gasteiger partial charge in [-0.05, 0) is 19.3 Å². The molecule has 2 heterocycles. The zero-order valence-electron chi connectivity index (χ0n) is 9.23. The second-order valence-electron chi connectivity index (χ2n) is 3.74. The fourth-order valence-electron chi connectivity index (χ4n) is 1.87. The first-order valence-corrected chi connectivity index (χ1v) is 6.13. The lowest BCUT2D eigenvalue weighted by molar-refractivity contribution is 0.0606. The summed E-state index contributed by atoms with van der Waals surface area (Å²) in [6, 6.07) is 0. The van der Waals surface area contributed by atoms with Crippen LogP contribution in [-0.4, -0.2) is 31.2 Å². The number of rotatable bonds is 2. The Morgan fingerprint density at radius 1 is 1.44 bits per heavy atom. The molecule has 0 amide bonds. The summed E-state index contributed by atoms with van der Waals surface area (Å²) < 4.78 is 4.73. The van der Waals surface area contributed by atoms with E-state index >= 15 is 0 Å². The number of methoxy groups -OCH3 is 1. The van der Waals surface area contributed by atoms with Gasteiger partial charge in [-0.25, -0.2) is 9.78 Å². The molecule has 0 aliphatic carbocycles. The summed E-state index contributed by atoms with van der Waals surface area (Å²) in [4.78, 5) is 18.4. The van der Waals surface area contributed by atoms with Crippen LogP contribution in [0, 0.1) is 0 Å². The van der Waals surface area contributed by atoms with Crippen molar-refractivity contribution in [1.29, 1.82) is 0 Å². The summed E-state index contributed by atoms with van der Waals surface area (Å²) >= 11 is 1.19. The van der Waals surface area contributed by atoms with Gasteiger partial charge in [0.1, 0.15) is 0 Å². The summed E-state index contributed by atoms with van der Waals surface area (Å²) in [7, 11) is 1.37. The van der Waals surface area contributed by atoms with Crippen LogP contribution in [0.25, 0.3) is 0 Å². The Labute approximate surface area is 98.2 Å². The van der Waals surface area contributed by atoms with Gasteiger partial charge < -0.3 is 15.4 Å². The predicted molar refractivity (Wildman–Crippen MR) is 63.9 cm³/mol. The van der Waals surface area contributed by atoms with Crippen molar-refractivity contribution in [2.24, 2.45) is 0 Å². The molecule has 1 aliphatic rings. The van der Waals surface area contributed by atoms with Crippen molar-refractivity contribution >= 4 is 28.3 Å². The lowest BCUT2D eigenvalue weighted by Gasteiger charge is -2.27. The number of carbonyl (C=O) groups excluding carboxylic acids is 1. The van der Waals surface area contributed by atoms with Crippen LogP contribution in [0.15, 0.2) is 0 Å². The molecular formula is C10H15N3O2S. The van der Waals surface area contributed by atoms with Gasteiger partial charge >= 0.3 is 5.97 Å². The minimum Gasteiger partial charge on any atom is -0.465 e. The molecule has 1 aliphatic heterocycles. The first kappa shape index (κ1) is 11.2. The van der Waals surface area contributed by atoms with E-state index in [9.17, 15) is 4.79 Å². The number of anilines is 2. The van der Waals surface area contributed by atoms with Crippen molar-refractivity contribution in [1.82, 2.24) is 4.98 Å². The van der Waals surface area contributed by atoms with E-state index in [4.69, 9.17) is 10.5 Å². The minimum absolute atomic E-state index is 0.352. The van der Waals surface area contributed by atoms with Crippen LogP contribution in [0.3, 0.4) is 0 Å². The summed E-state index contributed by atoms with van der Waals surface area (Å²) in [6.45, 7) is 1.88. The highest BCUT2D eigenvalue weighted by Crippen LogP contribution is 2.30. The van der Waals surface area contributed by atoms with Gasteiger partial charge in [-0.2, -0.15) is 0 Å². The SMILES string of the molecule is COC(=O)c1sc(N)nc1N1CCCCC1. The summed E-state index contributed by atoms with van der Waals surface area (Å²) in [5.74, 6) is 0.337. The highest BCUT2D eigenvalue weighted by Gasteiger charge is 2.23. The Kier molecular flexibility index (Phi) is 3.28. The molecule has 1 aromatic heterocycles. The number of piperidine rings is 1. The number of nitrogens with two attached hydrogens (primary N) is 1. The maximum Gasteiger partial charge on any atom is 0.352 e.